The molecule has 0 amide bonds. The Kier molecular flexibility index (Phi) is 12.6. The van der Waals surface area contributed by atoms with Crippen molar-refractivity contribution >= 4 is 59.3 Å². The first-order valence-corrected chi connectivity index (χ1v) is 18.2. The summed E-state index contributed by atoms with van der Waals surface area (Å²) < 4.78 is 11.2. The minimum absolute atomic E-state index is 0.431. The predicted octanol–water partition coefficient (Wildman–Crippen LogP) is 10.4. The Labute approximate surface area is 281 Å². The van der Waals surface area contributed by atoms with E-state index >= 15 is 0 Å². The van der Waals surface area contributed by atoms with Gasteiger partial charge in [0.2, 0.25) is 0 Å². The van der Waals surface area contributed by atoms with Gasteiger partial charge in [-0.1, -0.05) is 121 Å². The summed E-state index contributed by atoms with van der Waals surface area (Å²) in [6.07, 6.45) is 0. The van der Waals surface area contributed by atoms with Crippen LogP contribution in [0.5, 0.6) is 0 Å². The molecule has 0 aliphatic carbocycles. The van der Waals surface area contributed by atoms with Crippen LogP contribution in [0, 0.1) is 0 Å². The van der Waals surface area contributed by atoms with E-state index in [0.717, 1.165) is 44.1 Å². The third-order valence-electron chi connectivity index (χ3n) is 6.70. The maximum atomic E-state index is 14.1. The normalized spacial score (nSPS) is 10.8. The largest absolute Gasteiger partial charge is 0.465 e. The van der Waals surface area contributed by atoms with Gasteiger partial charge in [0, 0.05) is 31.9 Å². The Morgan fingerprint density at radius 2 is 0.956 bits per heavy atom. The maximum absolute atomic E-state index is 14.1. The summed E-state index contributed by atoms with van der Waals surface area (Å²) in [6, 6.07) is 42.0. The Morgan fingerprint density at radius 3 is 1.42 bits per heavy atom. The second-order valence-electron chi connectivity index (χ2n) is 9.89. The molecule has 45 heavy (non-hydrogen) atoms. The van der Waals surface area contributed by atoms with Crippen LogP contribution in [0.4, 0.5) is 0 Å². The zero-order valence-electron chi connectivity index (χ0n) is 24.7. The molecular weight excluding hydrogens is 637 g/mol. The average Bonchev–Trinajstić information content (AvgIpc) is 3.10. The van der Waals surface area contributed by atoms with Crippen LogP contribution in [0.3, 0.4) is 0 Å². The van der Waals surface area contributed by atoms with Crippen molar-refractivity contribution in [2.24, 2.45) is 0 Å². The minimum Gasteiger partial charge on any atom is -0.465 e. The molecule has 5 aromatic rings. The number of esters is 1. The standard InChI is InChI=1S/C37H32O4S4/c1-40-36(38)31-22-32(42-23-27-14-6-2-7-15-27)33(37(39)41-45-26-30-20-12-5-13-21-30)35(44-25-29-18-10-4-11-19-29)34(31)43-24-28-16-8-3-9-17-28/h2-22H,23-26H2,1H3. The minimum atomic E-state index is -0.438. The van der Waals surface area contributed by atoms with Gasteiger partial charge in [0.05, 0.1) is 36.0 Å². The molecule has 0 spiro atoms. The molecule has 0 bridgehead atoms. The first-order chi connectivity index (χ1) is 22.1. The summed E-state index contributed by atoms with van der Waals surface area (Å²) in [5.41, 5.74) is 5.32. The lowest BCUT2D eigenvalue weighted by Crippen LogP contribution is -2.11. The van der Waals surface area contributed by atoms with Gasteiger partial charge in [-0.25, -0.2) is 9.59 Å². The molecule has 0 saturated heterocycles. The Bertz CT molecular complexity index is 1680. The van der Waals surface area contributed by atoms with Crippen LogP contribution < -0.4 is 0 Å². The molecule has 0 saturated carbocycles. The number of ether oxygens (including phenoxy) is 1. The molecule has 0 heterocycles. The molecule has 0 N–H and O–H groups in total. The Balaban J connectivity index is 1.58. The van der Waals surface area contributed by atoms with Crippen LogP contribution >= 0.6 is 47.3 Å². The van der Waals surface area contributed by atoms with Crippen LogP contribution in [-0.4, -0.2) is 19.0 Å². The summed E-state index contributed by atoms with van der Waals surface area (Å²) in [7, 11) is 1.39. The van der Waals surface area contributed by atoms with E-state index in [1.807, 2.05) is 84.9 Å². The molecule has 5 rings (SSSR count). The van der Waals surface area contributed by atoms with Gasteiger partial charge >= 0.3 is 11.9 Å². The predicted molar refractivity (Wildman–Crippen MR) is 189 cm³/mol. The summed E-state index contributed by atoms with van der Waals surface area (Å²) in [6.45, 7) is 0. The summed E-state index contributed by atoms with van der Waals surface area (Å²) >= 11 is 5.72. The number of benzene rings is 5. The van der Waals surface area contributed by atoms with Gasteiger partial charge in [-0.3, -0.25) is 0 Å². The fraction of sp³-hybridized carbons (Fsp3) is 0.135. The second kappa shape index (κ2) is 17.2. The number of rotatable bonds is 14. The summed E-state index contributed by atoms with van der Waals surface area (Å²) in [5, 5.41) is 0. The van der Waals surface area contributed by atoms with E-state index < -0.39 is 11.9 Å². The van der Waals surface area contributed by atoms with Gasteiger partial charge < -0.3 is 8.92 Å². The van der Waals surface area contributed by atoms with E-state index in [1.165, 1.54) is 30.6 Å². The lowest BCUT2D eigenvalue weighted by molar-refractivity contribution is 0.0594. The third-order valence-corrected chi connectivity index (χ3v) is 11.0. The topological polar surface area (TPSA) is 52.6 Å². The van der Waals surface area contributed by atoms with Gasteiger partial charge in [-0.2, -0.15) is 0 Å². The average molecular weight is 669 g/mol. The molecule has 0 atom stereocenters. The van der Waals surface area contributed by atoms with E-state index in [1.54, 1.807) is 17.8 Å². The van der Waals surface area contributed by atoms with Crippen LogP contribution in [0.25, 0.3) is 0 Å². The molecule has 0 aliphatic heterocycles. The van der Waals surface area contributed by atoms with Gasteiger partial charge in [0.15, 0.2) is 0 Å². The first kappa shape index (κ1) is 32.8. The van der Waals surface area contributed by atoms with Gasteiger partial charge in [-0.15, -0.1) is 35.3 Å². The fourth-order valence-corrected chi connectivity index (χ4v) is 8.59. The van der Waals surface area contributed by atoms with E-state index in [0.29, 0.717) is 39.0 Å². The molecule has 0 aromatic heterocycles. The molecular formula is C37H32O4S4. The molecule has 228 valence electrons. The van der Waals surface area contributed by atoms with Crippen molar-refractivity contribution in [2.75, 3.05) is 7.11 Å². The highest BCUT2D eigenvalue weighted by Gasteiger charge is 2.28. The van der Waals surface area contributed by atoms with Crippen molar-refractivity contribution in [3.8, 4) is 0 Å². The van der Waals surface area contributed by atoms with Crippen LogP contribution in [-0.2, 0) is 31.9 Å². The third kappa shape index (κ3) is 9.47. The zero-order valence-corrected chi connectivity index (χ0v) is 28.0. The highest BCUT2D eigenvalue weighted by molar-refractivity contribution is 8.02. The molecule has 0 unspecified atom stereocenters. The van der Waals surface area contributed by atoms with Gasteiger partial charge in [-0.05, 0) is 28.3 Å². The molecule has 0 radical (unpaired) electrons. The molecule has 0 aliphatic rings. The second-order valence-corrected chi connectivity index (χ2v) is 13.6. The number of carbonyl (C=O) groups is 2. The van der Waals surface area contributed by atoms with Gasteiger partial charge in [0.1, 0.15) is 0 Å². The Hall–Kier alpha value is -3.56. The van der Waals surface area contributed by atoms with Crippen LogP contribution in [0.15, 0.2) is 142 Å². The lowest BCUT2D eigenvalue weighted by Gasteiger charge is -2.20. The van der Waals surface area contributed by atoms with E-state index in [4.69, 9.17) is 8.92 Å². The smallest absolute Gasteiger partial charge is 0.352 e. The lowest BCUT2D eigenvalue weighted by atomic mass is 10.1. The van der Waals surface area contributed by atoms with Crippen molar-refractivity contribution < 1.29 is 18.5 Å². The monoisotopic (exact) mass is 668 g/mol. The number of hydrogen-bond donors (Lipinski definition) is 0. The zero-order chi connectivity index (χ0) is 31.3. The number of thioether (sulfide) groups is 3. The summed E-state index contributed by atoms with van der Waals surface area (Å²) in [4.78, 5) is 29.5. The highest BCUT2D eigenvalue weighted by atomic mass is 32.2. The Morgan fingerprint density at radius 1 is 0.533 bits per heavy atom. The van der Waals surface area contributed by atoms with E-state index in [9.17, 15) is 9.59 Å². The fourth-order valence-electron chi connectivity index (χ4n) is 4.43. The van der Waals surface area contributed by atoms with E-state index in [-0.39, 0.29) is 0 Å². The highest BCUT2D eigenvalue weighted by Crippen LogP contribution is 2.45. The molecule has 4 nitrogen and oxygen atoms in total. The maximum Gasteiger partial charge on any atom is 0.352 e. The number of methoxy groups -OCH3 is 1. The van der Waals surface area contributed by atoms with E-state index in [2.05, 4.69) is 36.4 Å². The SMILES string of the molecule is COC(=O)c1cc(SCc2ccccc2)c(C(=O)OSCc2ccccc2)c(SCc2ccccc2)c1SCc1ccccc1. The quantitative estimate of drug-likeness (QED) is 0.0658. The van der Waals surface area contributed by atoms with Crippen molar-refractivity contribution in [3.05, 3.63) is 161 Å². The first-order valence-electron chi connectivity index (χ1n) is 14.3. The van der Waals surface area contributed by atoms with Gasteiger partial charge in [0.25, 0.3) is 0 Å². The van der Waals surface area contributed by atoms with Crippen molar-refractivity contribution in [3.63, 3.8) is 0 Å². The summed E-state index contributed by atoms with van der Waals surface area (Å²) in [5.74, 6) is 1.52. The molecule has 8 heteroatoms. The molecule has 5 aromatic carbocycles. The van der Waals surface area contributed by atoms with Crippen molar-refractivity contribution in [2.45, 2.75) is 37.7 Å². The van der Waals surface area contributed by atoms with Crippen LogP contribution in [0.2, 0.25) is 0 Å². The van der Waals surface area contributed by atoms with Crippen molar-refractivity contribution in [1.82, 2.24) is 0 Å². The molecule has 0 fully saturated rings. The van der Waals surface area contributed by atoms with Crippen LogP contribution in [0.1, 0.15) is 43.0 Å². The van der Waals surface area contributed by atoms with Crippen molar-refractivity contribution in [1.29, 1.82) is 0 Å². The number of hydrogen-bond acceptors (Lipinski definition) is 8. The number of carbonyl (C=O) groups excluding carboxylic acids is 2.